The zero-order valence-electron chi connectivity index (χ0n) is 17.5. The average Bonchev–Trinajstić information content (AvgIpc) is 3.54. The number of rotatable bonds is 4. The molecule has 0 saturated heterocycles. The van der Waals surface area contributed by atoms with E-state index in [1.807, 2.05) is 6.07 Å². The van der Waals surface area contributed by atoms with Crippen LogP contribution >= 0.6 is 0 Å². The Hall–Kier alpha value is -5.05. The zero-order chi connectivity index (χ0) is 24.6. The molecule has 0 radical (unpaired) electrons. The Bertz CT molecular complexity index is 1600. The number of aromatic nitrogens is 5. The number of benzene rings is 3. The van der Waals surface area contributed by atoms with Crippen LogP contribution in [-0.4, -0.2) is 31.7 Å². The van der Waals surface area contributed by atoms with Gasteiger partial charge >= 0.3 is 6.18 Å². The fourth-order valence-corrected chi connectivity index (χ4v) is 3.62. The van der Waals surface area contributed by atoms with Crippen LogP contribution in [0.5, 0.6) is 0 Å². The first-order chi connectivity index (χ1) is 16.8. The largest absolute Gasteiger partial charge is 0.417 e. The Morgan fingerprint density at radius 3 is 2.63 bits per heavy atom. The van der Waals surface area contributed by atoms with Gasteiger partial charge in [-0.1, -0.05) is 29.4 Å². The molecule has 0 saturated carbocycles. The second kappa shape index (κ2) is 8.38. The van der Waals surface area contributed by atoms with Crippen molar-refractivity contribution < 1.29 is 22.5 Å². The third-order valence-electron chi connectivity index (χ3n) is 5.23. The number of tetrazole rings is 1. The number of amides is 1. The number of nitrogens with zero attached hydrogens (tertiary/aromatic N) is 5. The highest BCUT2D eigenvalue weighted by Crippen LogP contribution is 2.38. The number of anilines is 1. The van der Waals surface area contributed by atoms with Crippen LogP contribution in [0, 0.1) is 11.3 Å². The van der Waals surface area contributed by atoms with E-state index in [4.69, 9.17) is 4.52 Å². The smallest absolute Gasteiger partial charge is 0.355 e. The van der Waals surface area contributed by atoms with E-state index in [1.165, 1.54) is 54.6 Å². The highest BCUT2D eigenvalue weighted by molar-refractivity contribution is 6.12. The predicted octanol–water partition coefficient (Wildman–Crippen LogP) is 4.82. The van der Waals surface area contributed by atoms with Gasteiger partial charge in [-0.15, -0.1) is 5.10 Å². The van der Waals surface area contributed by atoms with Crippen molar-refractivity contribution in [3.8, 4) is 28.6 Å². The van der Waals surface area contributed by atoms with Crippen LogP contribution in [0.25, 0.3) is 33.5 Å². The normalized spacial score (nSPS) is 11.4. The molecule has 1 amide bonds. The number of carbonyl (C=O) groups excluding carboxylic acids is 1. The van der Waals surface area contributed by atoms with E-state index in [1.54, 1.807) is 0 Å². The fraction of sp³-hybridized carbons (Fsp3) is 0.0435. The van der Waals surface area contributed by atoms with Gasteiger partial charge in [-0.25, -0.2) is 5.10 Å². The standard InChI is InChI=1S/C23H12F3N7O2/c24-23(25,26)17-4-2-1-3-14(17)13-6-7-15-19(10-13)35-31-20(15)22(34)28-18-8-5-12(11-27)9-16(18)21-29-32-33-30-21/h1-10H,(H,28,34)(H,29,30,32,33). The summed E-state index contributed by atoms with van der Waals surface area (Å²) in [6, 6.07) is 16.0. The number of alkyl halides is 3. The van der Waals surface area contributed by atoms with Crippen LogP contribution < -0.4 is 5.32 Å². The molecule has 2 aromatic heterocycles. The topological polar surface area (TPSA) is 133 Å². The molecule has 3 aromatic carbocycles. The third kappa shape index (κ3) is 4.06. The molecular formula is C23H12F3N7O2. The van der Waals surface area contributed by atoms with E-state index in [-0.39, 0.29) is 28.2 Å². The first-order valence-corrected chi connectivity index (χ1v) is 10.0. The Balaban J connectivity index is 1.49. The average molecular weight is 475 g/mol. The van der Waals surface area contributed by atoms with Crippen LogP contribution in [0.4, 0.5) is 18.9 Å². The summed E-state index contributed by atoms with van der Waals surface area (Å²) < 4.78 is 45.5. The molecule has 0 aliphatic rings. The van der Waals surface area contributed by atoms with Crippen LogP contribution in [0.3, 0.4) is 0 Å². The Morgan fingerprint density at radius 1 is 1.06 bits per heavy atom. The number of nitrogens with one attached hydrogen (secondary N) is 2. The number of hydrogen-bond acceptors (Lipinski definition) is 7. The summed E-state index contributed by atoms with van der Waals surface area (Å²) >= 11 is 0. The number of halogens is 3. The van der Waals surface area contributed by atoms with Gasteiger partial charge in [0.05, 0.1) is 28.3 Å². The summed E-state index contributed by atoms with van der Waals surface area (Å²) in [5, 5.41) is 29.4. The van der Waals surface area contributed by atoms with Gasteiger partial charge in [0.2, 0.25) is 0 Å². The van der Waals surface area contributed by atoms with Gasteiger partial charge < -0.3 is 9.84 Å². The second-order valence-electron chi connectivity index (χ2n) is 7.36. The van der Waals surface area contributed by atoms with Crippen LogP contribution in [0.1, 0.15) is 21.6 Å². The lowest BCUT2D eigenvalue weighted by molar-refractivity contribution is -0.137. The van der Waals surface area contributed by atoms with Gasteiger partial charge in [-0.05, 0) is 58.0 Å². The number of H-pyrrole nitrogens is 1. The van der Waals surface area contributed by atoms with Gasteiger partial charge in [0.15, 0.2) is 17.1 Å². The summed E-state index contributed by atoms with van der Waals surface area (Å²) in [6.07, 6.45) is -4.53. The van der Waals surface area contributed by atoms with Crippen molar-refractivity contribution in [1.82, 2.24) is 25.8 Å². The van der Waals surface area contributed by atoms with Gasteiger partial charge in [0.25, 0.3) is 5.91 Å². The first kappa shape index (κ1) is 21.8. The van der Waals surface area contributed by atoms with Crippen molar-refractivity contribution in [2.24, 2.45) is 0 Å². The van der Waals surface area contributed by atoms with Crippen molar-refractivity contribution in [2.45, 2.75) is 6.18 Å². The highest BCUT2D eigenvalue weighted by Gasteiger charge is 2.33. The number of aromatic amines is 1. The molecule has 2 N–H and O–H groups in total. The van der Waals surface area contributed by atoms with Crippen molar-refractivity contribution in [2.75, 3.05) is 5.32 Å². The van der Waals surface area contributed by atoms with E-state index < -0.39 is 17.6 Å². The lowest BCUT2D eigenvalue weighted by atomic mass is 9.98. The van der Waals surface area contributed by atoms with Crippen molar-refractivity contribution in [3.05, 3.63) is 77.5 Å². The van der Waals surface area contributed by atoms with Gasteiger partial charge in [0.1, 0.15) is 0 Å². The monoisotopic (exact) mass is 475 g/mol. The molecule has 5 aromatic rings. The van der Waals surface area contributed by atoms with Crippen LogP contribution in [0.2, 0.25) is 0 Å². The lowest BCUT2D eigenvalue weighted by Crippen LogP contribution is -2.13. The summed E-state index contributed by atoms with van der Waals surface area (Å²) in [5.41, 5.74) is 0.541. The number of hydrogen-bond donors (Lipinski definition) is 2. The molecule has 0 bridgehead atoms. The molecule has 172 valence electrons. The third-order valence-corrected chi connectivity index (χ3v) is 5.23. The maximum absolute atomic E-state index is 13.4. The fourth-order valence-electron chi connectivity index (χ4n) is 3.62. The number of fused-ring (bicyclic) bond motifs is 1. The maximum atomic E-state index is 13.4. The zero-order valence-corrected chi connectivity index (χ0v) is 17.5. The molecule has 0 unspecified atom stereocenters. The molecule has 0 atom stereocenters. The van der Waals surface area contributed by atoms with Gasteiger partial charge in [-0.3, -0.25) is 4.79 Å². The van der Waals surface area contributed by atoms with Crippen molar-refractivity contribution in [1.29, 1.82) is 5.26 Å². The molecule has 0 spiro atoms. The molecule has 35 heavy (non-hydrogen) atoms. The lowest BCUT2D eigenvalue weighted by Gasteiger charge is -2.12. The van der Waals surface area contributed by atoms with Gasteiger partial charge in [-0.2, -0.15) is 18.4 Å². The minimum absolute atomic E-state index is 0.0211. The number of carbonyl (C=O) groups is 1. The van der Waals surface area contributed by atoms with Gasteiger partial charge in [0, 0.05) is 5.56 Å². The minimum atomic E-state index is -4.53. The summed E-state index contributed by atoms with van der Waals surface area (Å²) in [7, 11) is 0. The van der Waals surface area contributed by atoms with E-state index in [2.05, 4.69) is 31.1 Å². The van der Waals surface area contributed by atoms with Crippen LogP contribution in [0.15, 0.2) is 65.2 Å². The van der Waals surface area contributed by atoms with Crippen molar-refractivity contribution in [3.63, 3.8) is 0 Å². The molecule has 0 aliphatic heterocycles. The molecule has 5 rings (SSSR count). The maximum Gasteiger partial charge on any atom is 0.417 e. The van der Waals surface area contributed by atoms with Crippen molar-refractivity contribution >= 4 is 22.6 Å². The molecular weight excluding hydrogens is 463 g/mol. The molecule has 0 fully saturated rings. The first-order valence-electron chi connectivity index (χ1n) is 10.0. The van der Waals surface area contributed by atoms with E-state index >= 15 is 0 Å². The number of nitriles is 1. The highest BCUT2D eigenvalue weighted by atomic mass is 19.4. The van der Waals surface area contributed by atoms with E-state index in [0.717, 1.165) is 6.07 Å². The molecule has 12 heteroatoms. The summed E-state index contributed by atoms with van der Waals surface area (Å²) in [5.74, 6) is -0.402. The van der Waals surface area contributed by atoms with E-state index in [9.17, 15) is 23.2 Å². The quantitative estimate of drug-likeness (QED) is 0.381. The summed E-state index contributed by atoms with van der Waals surface area (Å²) in [4.78, 5) is 13.0. The molecule has 2 heterocycles. The second-order valence-corrected chi connectivity index (χ2v) is 7.36. The summed E-state index contributed by atoms with van der Waals surface area (Å²) in [6.45, 7) is 0. The Labute approximate surface area is 194 Å². The minimum Gasteiger partial charge on any atom is -0.355 e. The Kier molecular flexibility index (Phi) is 5.21. The molecule has 0 aliphatic carbocycles. The SMILES string of the molecule is N#Cc1ccc(NC(=O)c2noc3cc(-c4ccccc4C(F)(F)F)ccc23)c(-c2nnn[nH]2)c1. The van der Waals surface area contributed by atoms with Crippen LogP contribution in [-0.2, 0) is 6.18 Å². The Morgan fingerprint density at radius 2 is 1.89 bits per heavy atom. The van der Waals surface area contributed by atoms with E-state index in [0.29, 0.717) is 22.2 Å². The molecule has 9 nitrogen and oxygen atoms in total. The predicted molar refractivity (Wildman–Crippen MR) is 117 cm³/mol.